The minimum Gasteiger partial charge on any atom is -0.468 e. The van der Waals surface area contributed by atoms with E-state index in [2.05, 4.69) is 11.3 Å². The van der Waals surface area contributed by atoms with Gasteiger partial charge in [0, 0.05) is 0 Å². The van der Waals surface area contributed by atoms with Gasteiger partial charge in [-0.15, -0.1) is 6.58 Å². The van der Waals surface area contributed by atoms with Crippen LogP contribution >= 0.6 is 0 Å². The molecule has 0 heterocycles. The van der Waals surface area contributed by atoms with Crippen molar-refractivity contribution in [2.45, 2.75) is 19.4 Å². The molecule has 0 aromatic rings. The molecular formula is C7H13NO2. The number of hydrogen-bond donors (Lipinski definition) is 1. The molecule has 1 atom stereocenters. The highest BCUT2D eigenvalue weighted by atomic mass is 16.5. The van der Waals surface area contributed by atoms with E-state index < -0.39 is 6.04 Å². The summed E-state index contributed by atoms with van der Waals surface area (Å²) in [4.78, 5) is 10.7. The van der Waals surface area contributed by atoms with Crippen molar-refractivity contribution in [3.63, 3.8) is 0 Å². The number of carbonyl (C=O) groups is 1. The van der Waals surface area contributed by atoms with Crippen molar-refractivity contribution in [1.82, 2.24) is 0 Å². The molecule has 0 rings (SSSR count). The number of hydrogen-bond acceptors (Lipinski definition) is 3. The molecule has 0 amide bonds. The van der Waals surface area contributed by atoms with Crippen molar-refractivity contribution in [1.29, 1.82) is 0 Å². The lowest BCUT2D eigenvalue weighted by Gasteiger charge is -2.07. The van der Waals surface area contributed by atoms with Gasteiger partial charge in [-0.3, -0.25) is 4.79 Å². The van der Waals surface area contributed by atoms with Crippen LogP contribution in [0.3, 0.4) is 0 Å². The SMILES string of the molecule is C=C(C)C[C@@H](N)C(=O)OC. The topological polar surface area (TPSA) is 52.3 Å². The van der Waals surface area contributed by atoms with Gasteiger partial charge in [0.05, 0.1) is 7.11 Å². The van der Waals surface area contributed by atoms with Crippen LogP contribution in [-0.4, -0.2) is 19.1 Å². The Kier molecular flexibility index (Phi) is 3.72. The number of carbonyl (C=O) groups excluding carboxylic acids is 1. The smallest absolute Gasteiger partial charge is 0.322 e. The first-order valence-electron chi connectivity index (χ1n) is 3.05. The predicted octanol–water partition coefficient (Wildman–Crippen LogP) is 0.453. The molecule has 0 aliphatic heterocycles. The highest BCUT2D eigenvalue weighted by molar-refractivity contribution is 5.75. The molecule has 0 aromatic heterocycles. The predicted molar refractivity (Wildman–Crippen MR) is 39.4 cm³/mol. The molecule has 10 heavy (non-hydrogen) atoms. The Morgan fingerprint density at radius 2 is 2.30 bits per heavy atom. The highest BCUT2D eigenvalue weighted by Crippen LogP contribution is 1.99. The molecule has 0 unspecified atom stereocenters. The summed E-state index contributed by atoms with van der Waals surface area (Å²) >= 11 is 0. The number of esters is 1. The third-order valence-corrected chi connectivity index (χ3v) is 1.07. The largest absolute Gasteiger partial charge is 0.468 e. The first-order chi connectivity index (χ1) is 4.57. The van der Waals surface area contributed by atoms with Gasteiger partial charge in [0.1, 0.15) is 6.04 Å². The van der Waals surface area contributed by atoms with Gasteiger partial charge in [-0.2, -0.15) is 0 Å². The summed E-state index contributed by atoms with van der Waals surface area (Å²) in [5.41, 5.74) is 6.28. The van der Waals surface area contributed by atoms with Crippen LogP contribution < -0.4 is 5.73 Å². The van der Waals surface area contributed by atoms with Gasteiger partial charge >= 0.3 is 5.97 Å². The maximum absolute atomic E-state index is 10.7. The minimum absolute atomic E-state index is 0.386. The van der Waals surface area contributed by atoms with Crippen LogP contribution in [0.5, 0.6) is 0 Å². The molecule has 58 valence electrons. The Bertz CT molecular complexity index is 143. The van der Waals surface area contributed by atoms with Gasteiger partial charge < -0.3 is 10.5 Å². The normalized spacial score (nSPS) is 12.3. The van der Waals surface area contributed by atoms with Crippen molar-refractivity contribution in [3.8, 4) is 0 Å². The monoisotopic (exact) mass is 143 g/mol. The Balaban J connectivity index is 3.72. The molecule has 0 spiro atoms. The van der Waals surface area contributed by atoms with E-state index in [1.807, 2.05) is 6.92 Å². The van der Waals surface area contributed by atoms with E-state index in [4.69, 9.17) is 5.73 Å². The van der Waals surface area contributed by atoms with Crippen molar-refractivity contribution < 1.29 is 9.53 Å². The van der Waals surface area contributed by atoms with Crippen molar-refractivity contribution in [2.75, 3.05) is 7.11 Å². The number of nitrogens with two attached hydrogens (primary N) is 1. The fraction of sp³-hybridized carbons (Fsp3) is 0.571. The standard InChI is InChI=1S/C7H13NO2/c1-5(2)4-6(8)7(9)10-3/h6H,1,4,8H2,2-3H3/t6-/m1/s1. The lowest BCUT2D eigenvalue weighted by molar-refractivity contribution is -0.142. The second-order valence-corrected chi connectivity index (χ2v) is 2.29. The lowest BCUT2D eigenvalue weighted by atomic mass is 10.1. The van der Waals surface area contributed by atoms with Crippen LogP contribution in [0.4, 0.5) is 0 Å². The molecule has 3 nitrogen and oxygen atoms in total. The molecule has 0 saturated heterocycles. The molecule has 0 aliphatic carbocycles. The average molecular weight is 143 g/mol. The van der Waals surface area contributed by atoms with Crippen LogP contribution in [0.1, 0.15) is 13.3 Å². The summed E-state index contributed by atoms with van der Waals surface area (Å²) in [6, 6.07) is -0.553. The molecule has 0 radical (unpaired) electrons. The van der Waals surface area contributed by atoms with E-state index in [1.165, 1.54) is 7.11 Å². The Labute approximate surface area is 60.9 Å². The zero-order valence-corrected chi connectivity index (χ0v) is 6.39. The zero-order valence-electron chi connectivity index (χ0n) is 6.39. The summed E-state index contributed by atoms with van der Waals surface area (Å²) in [6.45, 7) is 5.45. The molecule has 0 fully saturated rings. The van der Waals surface area contributed by atoms with Crippen LogP contribution in [0, 0.1) is 0 Å². The maximum Gasteiger partial charge on any atom is 0.322 e. The first kappa shape index (κ1) is 9.17. The lowest BCUT2D eigenvalue weighted by Crippen LogP contribution is -2.31. The Morgan fingerprint density at radius 1 is 1.80 bits per heavy atom. The molecule has 3 heteroatoms. The van der Waals surface area contributed by atoms with Gasteiger partial charge in [0.25, 0.3) is 0 Å². The quantitative estimate of drug-likeness (QED) is 0.461. The number of ether oxygens (including phenoxy) is 1. The van der Waals surface area contributed by atoms with Crippen LogP contribution in [0.2, 0.25) is 0 Å². The van der Waals surface area contributed by atoms with Crippen molar-refractivity contribution >= 4 is 5.97 Å². The number of methoxy groups -OCH3 is 1. The number of rotatable bonds is 3. The Morgan fingerprint density at radius 3 is 2.60 bits per heavy atom. The van der Waals surface area contributed by atoms with E-state index in [-0.39, 0.29) is 5.97 Å². The third-order valence-electron chi connectivity index (χ3n) is 1.07. The second-order valence-electron chi connectivity index (χ2n) is 2.29. The third kappa shape index (κ3) is 3.25. The summed E-state index contributed by atoms with van der Waals surface area (Å²) in [5, 5.41) is 0. The van der Waals surface area contributed by atoms with Gasteiger partial charge in [0.15, 0.2) is 0 Å². The first-order valence-corrected chi connectivity index (χ1v) is 3.05. The van der Waals surface area contributed by atoms with Crippen LogP contribution in [0.25, 0.3) is 0 Å². The van der Waals surface area contributed by atoms with Crippen molar-refractivity contribution in [3.05, 3.63) is 12.2 Å². The van der Waals surface area contributed by atoms with E-state index in [1.54, 1.807) is 0 Å². The average Bonchev–Trinajstić information content (AvgIpc) is 1.85. The Hall–Kier alpha value is -0.830. The van der Waals surface area contributed by atoms with Crippen molar-refractivity contribution in [2.24, 2.45) is 5.73 Å². The van der Waals surface area contributed by atoms with E-state index in [0.29, 0.717) is 6.42 Å². The fourth-order valence-electron chi connectivity index (χ4n) is 0.610. The highest BCUT2D eigenvalue weighted by Gasteiger charge is 2.12. The van der Waals surface area contributed by atoms with E-state index in [0.717, 1.165) is 5.57 Å². The van der Waals surface area contributed by atoms with Gasteiger partial charge in [-0.1, -0.05) is 5.57 Å². The molecule has 0 aromatic carbocycles. The minimum atomic E-state index is -0.553. The van der Waals surface area contributed by atoms with Gasteiger partial charge in [-0.25, -0.2) is 0 Å². The second kappa shape index (κ2) is 4.06. The summed E-state index contributed by atoms with van der Waals surface area (Å²) in [7, 11) is 1.32. The molecule has 0 saturated carbocycles. The fourth-order valence-corrected chi connectivity index (χ4v) is 0.610. The van der Waals surface area contributed by atoms with E-state index >= 15 is 0 Å². The van der Waals surface area contributed by atoms with Gasteiger partial charge in [-0.05, 0) is 13.3 Å². The maximum atomic E-state index is 10.7. The zero-order chi connectivity index (χ0) is 8.15. The molecule has 0 aliphatic rings. The van der Waals surface area contributed by atoms with Crippen LogP contribution in [0.15, 0.2) is 12.2 Å². The van der Waals surface area contributed by atoms with Crippen LogP contribution in [-0.2, 0) is 9.53 Å². The summed E-state index contributed by atoms with van der Waals surface area (Å²) < 4.78 is 4.41. The molecular weight excluding hydrogens is 130 g/mol. The molecule has 2 N–H and O–H groups in total. The summed E-state index contributed by atoms with van der Waals surface area (Å²) in [5.74, 6) is -0.386. The summed E-state index contributed by atoms with van der Waals surface area (Å²) in [6.07, 6.45) is 0.493. The van der Waals surface area contributed by atoms with Gasteiger partial charge in [0.2, 0.25) is 0 Å². The van der Waals surface area contributed by atoms with E-state index in [9.17, 15) is 4.79 Å². The molecule has 0 bridgehead atoms.